The number of carbonyl (C=O) groups is 1. The average molecular weight is 433 g/mol. The number of aromatic nitrogens is 1. The van der Waals surface area contributed by atoms with Crippen LogP contribution in [-0.2, 0) is 17.6 Å². The minimum absolute atomic E-state index is 0.0661. The van der Waals surface area contributed by atoms with Crippen molar-refractivity contribution in [1.29, 1.82) is 0 Å². The van der Waals surface area contributed by atoms with Crippen LogP contribution in [0.3, 0.4) is 0 Å². The largest absolute Gasteiger partial charge is 0.441 e. The van der Waals surface area contributed by atoms with Crippen molar-refractivity contribution in [3.8, 4) is 11.3 Å². The van der Waals surface area contributed by atoms with Crippen LogP contribution >= 0.6 is 11.3 Å². The van der Waals surface area contributed by atoms with Crippen LogP contribution < -0.4 is 0 Å². The van der Waals surface area contributed by atoms with Gasteiger partial charge in [-0.2, -0.15) is 0 Å². The highest BCUT2D eigenvalue weighted by Crippen LogP contribution is 2.38. The number of hydrogen-bond donors (Lipinski definition) is 0. The van der Waals surface area contributed by atoms with Gasteiger partial charge in [0.05, 0.1) is 17.8 Å². The van der Waals surface area contributed by atoms with E-state index in [4.69, 9.17) is 4.42 Å². The normalized spacial score (nSPS) is 15.6. The summed E-state index contributed by atoms with van der Waals surface area (Å²) in [5.74, 6) is 0.530. The highest BCUT2D eigenvalue weighted by Gasteiger charge is 2.32. The van der Waals surface area contributed by atoms with Crippen LogP contribution in [0.4, 0.5) is 4.39 Å². The molecule has 1 aliphatic heterocycles. The van der Waals surface area contributed by atoms with Gasteiger partial charge in [-0.05, 0) is 41.1 Å². The van der Waals surface area contributed by atoms with E-state index in [0.29, 0.717) is 36.6 Å². The first-order valence-electron chi connectivity index (χ1n) is 10.3. The van der Waals surface area contributed by atoms with E-state index in [1.54, 1.807) is 29.5 Å². The average Bonchev–Trinajstić information content (AvgIpc) is 3.47. The Kier molecular flexibility index (Phi) is 5.38. The number of hydrogen-bond acceptors (Lipinski definition) is 4. The lowest BCUT2D eigenvalue weighted by Crippen LogP contribution is -2.40. The van der Waals surface area contributed by atoms with Crippen molar-refractivity contribution in [2.75, 3.05) is 6.54 Å². The Labute approximate surface area is 184 Å². The minimum atomic E-state index is -0.355. The summed E-state index contributed by atoms with van der Waals surface area (Å²) >= 11 is 1.76. The molecule has 2 aromatic carbocycles. The number of oxazole rings is 1. The third-order valence-corrected chi connectivity index (χ3v) is 6.64. The minimum Gasteiger partial charge on any atom is -0.441 e. The van der Waals surface area contributed by atoms with Gasteiger partial charge in [0.25, 0.3) is 0 Å². The van der Waals surface area contributed by atoms with Crippen LogP contribution in [0.2, 0.25) is 0 Å². The summed E-state index contributed by atoms with van der Waals surface area (Å²) in [6, 6.07) is 18.7. The molecule has 1 amide bonds. The summed E-state index contributed by atoms with van der Waals surface area (Å²) in [7, 11) is 0. The van der Waals surface area contributed by atoms with Crippen molar-refractivity contribution in [3.63, 3.8) is 0 Å². The molecule has 0 aliphatic carbocycles. The Bertz CT molecular complexity index is 1200. The smallest absolute Gasteiger partial charge is 0.223 e. The lowest BCUT2D eigenvalue weighted by atomic mass is 9.93. The van der Waals surface area contributed by atoms with E-state index in [2.05, 4.69) is 28.6 Å². The van der Waals surface area contributed by atoms with E-state index in [9.17, 15) is 9.18 Å². The van der Waals surface area contributed by atoms with E-state index in [1.807, 2.05) is 23.1 Å². The van der Waals surface area contributed by atoms with Crippen LogP contribution in [0.15, 0.2) is 76.7 Å². The topological polar surface area (TPSA) is 46.3 Å². The van der Waals surface area contributed by atoms with Gasteiger partial charge in [-0.1, -0.05) is 42.5 Å². The van der Waals surface area contributed by atoms with E-state index in [1.165, 1.54) is 22.7 Å². The maximum atomic E-state index is 14.0. The van der Waals surface area contributed by atoms with Crippen LogP contribution in [0.25, 0.3) is 11.3 Å². The molecule has 0 unspecified atom stereocenters. The van der Waals surface area contributed by atoms with Crippen molar-refractivity contribution in [3.05, 3.63) is 100.0 Å². The lowest BCUT2D eigenvalue weighted by Gasteiger charge is -2.36. The first kappa shape index (κ1) is 19.7. The molecule has 0 saturated heterocycles. The monoisotopic (exact) mass is 432 g/mol. The summed E-state index contributed by atoms with van der Waals surface area (Å²) < 4.78 is 19.7. The predicted octanol–water partition coefficient (Wildman–Crippen LogP) is 5.65. The van der Waals surface area contributed by atoms with Crippen LogP contribution in [-0.4, -0.2) is 22.3 Å². The first-order chi connectivity index (χ1) is 15.2. The van der Waals surface area contributed by atoms with Crippen LogP contribution in [0.5, 0.6) is 0 Å². The molecule has 0 spiro atoms. The predicted molar refractivity (Wildman–Crippen MR) is 118 cm³/mol. The van der Waals surface area contributed by atoms with E-state index >= 15 is 0 Å². The van der Waals surface area contributed by atoms with Crippen molar-refractivity contribution >= 4 is 17.2 Å². The van der Waals surface area contributed by atoms with Crippen LogP contribution in [0, 0.1) is 5.82 Å². The summed E-state index contributed by atoms with van der Waals surface area (Å²) in [5, 5.41) is 2.10. The molecule has 0 saturated carbocycles. The molecule has 0 bridgehead atoms. The fourth-order valence-electron chi connectivity index (χ4n) is 4.15. The highest BCUT2D eigenvalue weighted by molar-refractivity contribution is 7.10. The molecule has 5 rings (SSSR count). The summed E-state index contributed by atoms with van der Waals surface area (Å²) in [6.07, 6.45) is 3.06. The number of nitrogens with zero attached hydrogens (tertiary/aromatic N) is 2. The van der Waals surface area contributed by atoms with E-state index in [-0.39, 0.29) is 17.8 Å². The molecule has 1 aliphatic rings. The number of halogens is 1. The number of aryl methyl sites for hydroxylation is 1. The van der Waals surface area contributed by atoms with Crippen molar-refractivity contribution in [2.24, 2.45) is 0 Å². The second-order valence-electron chi connectivity index (χ2n) is 7.55. The maximum absolute atomic E-state index is 14.0. The SMILES string of the molecule is O=C(CCc1ncc(-c2ccccc2F)o1)N1CCc2sccc2[C@H]1c1ccccc1. The third kappa shape index (κ3) is 3.91. The molecule has 1 atom stereocenters. The fraction of sp³-hybridized carbons (Fsp3) is 0.200. The summed E-state index contributed by atoms with van der Waals surface area (Å²) in [6.45, 7) is 0.692. The third-order valence-electron chi connectivity index (χ3n) is 5.65. The second kappa shape index (κ2) is 8.47. The molecule has 3 heterocycles. The van der Waals surface area contributed by atoms with Gasteiger partial charge < -0.3 is 9.32 Å². The molecule has 4 nitrogen and oxygen atoms in total. The number of amides is 1. The molecular weight excluding hydrogens is 411 g/mol. The van der Waals surface area contributed by atoms with Gasteiger partial charge in [0.2, 0.25) is 5.91 Å². The number of benzene rings is 2. The molecule has 0 radical (unpaired) electrons. The van der Waals surface area contributed by atoms with Crippen molar-refractivity contribution in [2.45, 2.75) is 25.3 Å². The number of carbonyl (C=O) groups excluding carboxylic acids is 1. The molecule has 0 N–H and O–H groups in total. The van der Waals surface area contributed by atoms with Gasteiger partial charge >= 0.3 is 0 Å². The van der Waals surface area contributed by atoms with Gasteiger partial charge in [-0.15, -0.1) is 11.3 Å². The number of fused-ring (bicyclic) bond motifs is 1. The molecule has 0 fully saturated rings. The fourth-order valence-corrected chi connectivity index (χ4v) is 5.05. The molecule has 156 valence electrons. The molecule has 31 heavy (non-hydrogen) atoms. The number of rotatable bonds is 5. The van der Waals surface area contributed by atoms with Gasteiger partial charge in [0.15, 0.2) is 11.7 Å². The zero-order chi connectivity index (χ0) is 21.2. The maximum Gasteiger partial charge on any atom is 0.223 e. The number of thiophene rings is 1. The van der Waals surface area contributed by atoms with Crippen molar-refractivity contribution < 1.29 is 13.6 Å². The Hall–Kier alpha value is -3.25. The summed E-state index contributed by atoms with van der Waals surface area (Å²) in [5.41, 5.74) is 2.71. The highest BCUT2D eigenvalue weighted by atomic mass is 32.1. The Morgan fingerprint density at radius 1 is 1.13 bits per heavy atom. The molecule has 4 aromatic rings. The Morgan fingerprint density at radius 2 is 1.94 bits per heavy atom. The standard InChI is InChI=1S/C25H21FN2O2S/c26-20-9-5-4-8-18(20)21-16-27-23(30-21)10-11-24(29)28-14-12-22-19(13-15-31-22)25(28)17-6-2-1-3-7-17/h1-9,13,15-16,25H,10-12,14H2/t25-/m1/s1. The van der Waals surface area contributed by atoms with Gasteiger partial charge in [-0.3, -0.25) is 4.79 Å². The van der Waals surface area contributed by atoms with Gasteiger partial charge in [0, 0.05) is 24.3 Å². The quantitative estimate of drug-likeness (QED) is 0.409. The molecular formula is C25H21FN2O2S. The van der Waals surface area contributed by atoms with Crippen LogP contribution in [0.1, 0.15) is 34.4 Å². The van der Waals surface area contributed by atoms with Crippen molar-refractivity contribution in [1.82, 2.24) is 9.88 Å². The zero-order valence-electron chi connectivity index (χ0n) is 16.8. The van der Waals surface area contributed by atoms with Gasteiger partial charge in [0.1, 0.15) is 5.82 Å². The van der Waals surface area contributed by atoms with Gasteiger partial charge in [-0.25, -0.2) is 9.37 Å². The first-order valence-corrected chi connectivity index (χ1v) is 11.2. The lowest BCUT2D eigenvalue weighted by molar-refractivity contribution is -0.133. The van der Waals surface area contributed by atoms with E-state index < -0.39 is 0 Å². The van der Waals surface area contributed by atoms with E-state index in [0.717, 1.165) is 12.0 Å². The summed E-state index contributed by atoms with van der Waals surface area (Å²) in [4.78, 5) is 20.8. The Balaban J connectivity index is 1.33. The Morgan fingerprint density at radius 3 is 2.77 bits per heavy atom. The second-order valence-corrected chi connectivity index (χ2v) is 8.55. The zero-order valence-corrected chi connectivity index (χ0v) is 17.6. The molecule has 6 heteroatoms. The molecule has 2 aromatic heterocycles.